The van der Waals surface area contributed by atoms with Crippen LogP contribution in [-0.2, 0) is 28.8 Å². The average Bonchev–Trinajstić information content (AvgIpc) is 3.48. The third-order valence-corrected chi connectivity index (χ3v) is 7.52. The predicted octanol–water partition coefficient (Wildman–Crippen LogP) is 7.25. The van der Waals surface area contributed by atoms with Crippen molar-refractivity contribution in [2.24, 2.45) is 5.92 Å². The molecule has 4 aromatic carbocycles. The van der Waals surface area contributed by atoms with E-state index < -0.39 is 11.0 Å². The summed E-state index contributed by atoms with van der Waals surface area (Å²) >= 11 is 0. The molecule has 41 heavy (non-hydrogen) atoms. The highest BCUT2D eigenvalue weighted by molar-refractivity contribution is 7.85. The Bertz CT molecular complexity index is 1470. The van der Waals surface area contributed by atoms with Gasteiger partial charge in [-0.3, -0.25) is 0 Å². The molecular formula is C33H35FN2O4S. The van der Waals surface area contributed by atoms with Crippen LogP contribution in [0.15, 0.2) is 91.0 Å². The molecule has 0 saturated carbocycles. The molecule has 0 radical (unpaired) electrons. The van der Waals surface area contributed by atoms with Gasteiger partial charge in [0, 0.05) is 43.6 Å². The number of ether oxygens (including phenoxy) is 3. The first-order chi connectivity index (χ1) is 19.9. The lowest BCUT2D eigenvalue weighted by Gasteiger charge is -2.28. The average molecular weight is 575 g/mol. The van der Waals surface area contributed by atoms with Gasteiger partial charge in [0.2, 0.25) is 0 Å². The second-order valence-corrected chi connectivity index (χ2v) is 11.4. The van der Waals surface area contributed by atoms with E-state index in [9.17, 15) is 8.60 Å². The maximum atomic E-state index is 14.0. The van der Waals surface area contributed by atoms with Crippen LogP contribution < -0.4 is 19.1 Å². The molecule has 0 spiro atoms. The summed E-state index contributed by atoms with van der Waals surface area (Å²) in [5.41, 5.74) is 4.69. The Balaban J connectivity index is 1.30. The SMILES string of the molecule is Cc1c(NS(C)=O)cccc1N(Cc1ccc(Oc2cccc(OCC3CCOC3)c2)cc1)Cc1cccc(F)c1. The number of halogens is 1. The standard InChI is InChI=1S/C33H35FN2O4S/c1-24-32(35-41(2)37)10-5-11-33(24)36(21-26-6-3-7-28(34)18-26)20-25-12-14-29(15-13-25)40-31-9-4-8-30(19-31)39-23-27-16-17-38-22-27/h3-15,18-19,27,35H,16-17,20-23H2,1-2H3. The van der Waals surface area contributed by atoms with E-state index in [0.29, 0.717) is 31.4 Å². The van der Waals surface area contributed by atoms with Gasteiger partial charge >= 0.3 is 0 Å². The molecule has 1 aliphatic heterocycles. The van der Waals surface area contributed by atoms with E-state index in [1.807, 2.05) is 79.7 Å². The molecule has 2 atom stereocenters. The zero-order chi connectivity index (χ0) is 28.6. The Kier molecular flexibility index (Phi) is 9.54. The highest BCUT2D eigenvalue weighted by atomic mass is 32.2. The van der Waals surface area contributed by atoms with Gasteiger partial charge in [0.1, 0.15) is 34.1 Å². The molecule has 8 heteroatoms. The number of nitrogens with one attached hydrogen (secondary N) is 1. The second kappa shape index (κ2) is 13.7. The van der Waals surface area contributed by atoms with Crippen molar-refractivity contribution >= 4 is 22.4 Å². The summed E-state index contributed by atoms with van der Waals surface area (Å²) in [5.74, 6) is 2.38. The van der Waals surface area contributed by atoms with Gasteiger partial charge in [0.15, 0.2) is 0 Å². The molecule has 1 N–H and O–H groups in total. The summed E-state index contributed by atoms with van der Waals surface area (Å²) in [5, 5.41) is 0. The monoisotopic (exact) mass is 574 g/mol. The molecule has 1 fully saturated rings. The molecule has 5 rings (SSSR count). The highest BCUT2D eigenvalue weighted by Crippen LogP contribution is 2.31. The van der Waals surface area contributed by atoms with Crippen LogP contribution in [0, 0.1) is 18.7 Å². The third kappa shape index (κ3) is 8.08. The number of rotatable bonds is 12. The minimum absolute atomic E-state index is 0.264. The molecule has 1 saturated heterocycles. The van der Waals surface area contributed by atoms with Crippen molar-refractivity contribution < 1.29 is 22.8 Å². The fourth-order valence-electron chi connectivity index (χ4n) is 4.89. The fraction of sp³-hybridized carbons (Fsp3) is 0.273. The summed E-state index contributed by atoms with van der Waals surface area (Å²) in [4.78, 5) is 2.19. The van der Waals surface area contributed by atoms with Gasteiger partial charge in [-0.05, 0) is 78.6 Å². The van der Waals surface area contributed by atoms with Crippen LogP contribution in [0.25, 0.3) is 0 Å². The fourth-order valence-corrected chi connectivity index (χ4v) is 5.42. The molecular weight excluding hydrogens is 539 g/mol. The smallest absolute Gasteiger partial charge is 0.131 e. The Hall–Kier alpha value is -3.88. The van der Waals surface area contributed by atoms with Gasteiger partial charge in [-0.1, -0.05) is 36.4 Å². The maximum Gasteiger partial charge on any atom is 0.131 e. The molecule has 1 heterocycles. The molecule has 0 bridgehead atoms. The van der Waals surface area contributed by atoms with Gasteiger partial charge in [0.05, 0.1) is 18.9 Å². The summed E-state index contributed by atoms with van der Waals surface area (Å²) in [7, 11) is -1.20. The zero-order valence-electron chi connectivity index (χ0n) is 23.3. The van der Waals surface area contributed by atoms with Crippen molar-refractivity contribution in [1.29, 1.82) is 0 Å². The van der Waals surface area contributed by atoms with E-state index in [1.165, 1.54) is 6.07 Å². The number of anilines is 2. The van der Waals surface area contributed by atoms with Gasteiger partial charge in [-0.15, -0.1) is 0 Å². The van der Waals surface area contributed by atoms with Crippen molar-refractivity contribution in [3.63, 3.8) is 0 Å². The molecule has 0 amide bonds. The first kappa shape index (κ1) is 28.6. The highest BCUT2D eigenvalue weighted by Gasteiger charge is 2.17. The van der Waals surface area contributed by atoms with Crippen LogP contribution in [0.1, 0.15) is 23.1 Å². The van der Waals surface area contributed by atoms with E-state index >= 15 is 0 Å². The molecule has 1 aliphatic rings. The molecule has 0 aromatic heterocycles. The molecule has 4 aromatic rings. The summed E-state index contributed by atoms with van der Waals surface area (Å²) in [6, 6.07) is 28.2. The van der Waals surface area contributed by atoms with Crippen molar-refractivity contribution in [3.05, 3.63) is 114 Å². The molecule has 2 unspecified atom stereocenters. The second-order valence-electron chi connectivity index (χ2n) is 10.3. The predicted molar refractivity (Wildman–Crippen MR) is 163 cm³/mol. The first-order valence-electron chi connectivity index (χ1n) is 13.7. The van der Waals surface area contributed by atoms with E-state index in [2.05, 4.69) is 9.62 Å². The Labute approximate surface area is 243 Å². The number of hydrogen-bond acceptors (Lipinski definition) is 5. The van der Waals surface area contributed by atoms with Crippen LogP contribution in [0.3, 0.4) is 0 Å². The van der Waals surface area contributed by atoms with Gasteiger partial charge in [-0.2, -0.15) is 0 Å². The normalized spacial score (nSPS) is 15.3. The summed E-state index contributed by atoms with van der Waals surface area (Å²) in [6.07, 6.45) is 2.64. The van der Waals surface area contributed by atoms with Crippen LogP contribution in [-0.4, -0.2) is 30.3 Å². The first-order valence-corrected chi connectivity index (χ1v) is 15.3. The van der Waals surface area contributed by atoms with E-state index in [4.69, 9.17) is 14.2 Å². The van der Waals surface area contributed by atoms with Crippen LogP contribution in [0.4, 0.5) is 15.8 Å². The molecule has 0 aliphatic carbocycles. The minimum atomic E-state index is -1.20. The van der Waals surface area contributed by atoms with Crippen LogP contribution in [0.2, 0.25) is 0 Å². The summed E-state index contributed by atoms with van der Waals surface area (Å²) < 4.78 is 46.4. The minimum Gasteiger partial charge on any atom is -0.493 e. The van der Waals surface area contributed by atoms with E-state index in [0.717, 1.165) is 59.2 Å². The Morgan fingerprint density at radius 3 is 2.44 bits per heavy atom. The van der Waals surface area contributed by atoms with Crippen LogP contribution >= 0.6 is 0 Å². The maximum absolute atomic E-state index is 14.0. The van der Waals surface area contributed by atoms with Crippen molar-refractivity contribution in [3.8, 4) is 17.2 Å². The van der Waals surface area contributed by atoms with Crippen molar-refractivity contribution in [1.82, 2.24) is 0 Å². The van der Waals surface area contributed by atoms with E-state index in [-0.39, 0.29) is 5.82 Å². The van der Waals surface area contributed by atoms with Crippen LogP contribution in [0.5, 0.6) is 17.2 Å². The van der Waals surface area contributed by atoms with Gasteiger partial charge in [-0.25, -0.2) is 8.60 Å². The number of hydrogen-bond donors (Lipinski definition) is 1. The molecule has 6 nitrogen and oxygen atoms in total. The quantitative estimate of drug-likeness (QED) is 0.193. The number of benzene rings is 4. The lowest BCUT2D eigenvalue weighted by Crippen LogP contribution is -2.23. The molecule has 214 valence electrons. The summed E-state index contributed by atoms with van der Waals surface area (Å²) in [6.45, 7) is 5.29. The topological polar surface area (TPSA) is 60.0 Å². The number of nitrogens with zero attached hydrogens (tertiary/aromatic N) is 1. The van der Waals surface area contributed by atoms with Gasteiger partial charge < -0.3 is 23.8 Å². The van der Waals surface area contributed by atoms with Crippen molar-refractivity contribution in [2.45, 2.75) is 26.4 Å². The van der Waals surface area contributed by atoms with Crippen molar-refractivity contribution in [2.75, 3.05) is 35.7 Å². The Morgan fingerprint density at radius 1 is 0.927 bits per heavy atom. The van der Waals surface area contributed by atoms with Gasteiger partial charge in [0.25, 0.3) is 0 Å². The zero-order valence-corrected chi connectivity index (χ0v) is 24.2. The lowest BCUT2D eigenvalue weighted by atomic mass is 10.1. The largest absolute Gasteiger partial charge is 0.493 e. The Morgan fingerprint density at radius 2 is 1.68 bits per heavy atom. The third-order valence-electron chi connectivity index (χ3n) is 7.01. The lowest BCUT2D eigenvalue weighted by molar-refractivity contribution is 0.167. The van der Waals surface area contributed by atoms with E-state index in [1.54, 1.807) is 18.4 Å².